The van der Waals surface area contributed by atoms with Crippen molar-refractivity contribution in [3.8, 4) is 0 Å². The molecule has 2 N–H and O–H groups in total. The van der Waals surface area contributed by atoms with Gasteiger partial charge in [0.15, 0.2) is 0 Å². The van der Waals surface area contributed by atoms with Crippen LogP contribution in [0.2, 0.25) is 0 Å². The fourth-order valence-electron chi connectivity index (χ4n) is 2.45. The first-order valence-electron chi connectivity index (χ1n) is 6.90. The van der Waals surface area contributed by atoms with Gasteiger partial charge < -0.3 is 10.6 Å². The van der Waals surface area contributed by atoms with Crippen LogP contribution in [0.1, 0.15) is 19.4 Å². The maximum absolute atomic E-state index is 12.2. The van der Waals surface area contributed by atoms with E-state index in [2.05, 4.69) is 45.3 Å². The van der Waals surface area contributed by atoms with E-state index in [0.29, 0.717) is 6.54 Å². The molecule has 2 rings (SSSR count). The average Bonchev–Trinajstić information content (AvgIpc) is 2.35. The molecule has 1 heterocycles. The summed E-state index contributed by atoms with van der Waals surface area (Å²) in [6.45, 7) is 9.51. The minimum Gasteiger partial charge on any atom is -0.325 e. The monoisotopic (exact) mass is 339 g/mol. The molecule has 110 valence electrons. The van der Waals surface area contributed by atoms with Gasteiger partial charge in [0.2, 0.25) is 5.91 Å². The van der Waals surface area contributed by atoms with Crippen LogP contribution in [0.25, 0.3) is 0 Å². The van der Waals surface area contributed by atoms with E-state index in [9.17, 15) is 4.79 Å². The third-order valence-corrected chi connectivity index (χ3v) is 4.26. The van der Waals surface area contributed by atoms with Crippen LogP contribution in [0.4, 0.5) is 5.69 Å². The second-order valence-corrected chi connectivity index (χ2v) is 6.83. The molecule has 1 aliphatic rings. The summed E-state index contributed by atoms with van der Waals surface area (Å²) in [4.78, 5) is 14.4. The van der Waals surface area contributed by atoms with Crippen molar-refractivity contribution in [3.05, 3.63) is 28.2 Å². The van der Waals surface area contributed by atoms with Crippen LogP contribution in [0.3, 0.4) is 0 Å². The molecular formula is C15H22BrN3O. The Labute approximate surface area is 129 Å². The van der Waals surface area contributed by atoms with E-state index in [1.807, 2.05) is 25.1 Å². The summed E-state index contributed by atoms with van der Waals surface area (Å²) in [5.41, 5.74) is 1.96. The Kier molecular flexibility index (Phi) is 4.83. The van der Waals surface area contributed by atoms with E-state index >= 15 is 0 Å². The smallest absolute Gasteiger partial charge is 0.238 e. The Bertz CT molecular complexity index is 502. The topological polar surface area (TPSA) is 44.4 Å². The summed E-state index contributed by atoms with van der Waals surface area (Å²) in [6, 6.07) is 5.88. The van der Waals surface area contributed by atoms with Gasteiger partial charge in [0.1, 0.15) is 0 Å². The van der Waals surface area contributed by atoms with E-state index in [4.69, 9.17) is 0 Å². The number of anilines is 1. The van der Waals surface area contributed by atoms with Crippen molar-refractivity contribution in [3.63, 3.8) is 0 Å². The van der Waals surface area contributed by atoms with Crippen LogP contribution in [-0.2, 0) is 4.79 Å². The lowest BCUT2D eigenvalue weighted by atomic mass is 10.0. The molecule has 1 aliphatic heterocycles. The molecule has 0 bridgehead atoms. The molecule has 1 fully saturated rings. The second kappa shape index (κ2) is 6.24. The molecule has 0 atom stereocenters. The number of rotatable bonds is 3. The number of halogens is 1. The quantitative estimate of drug-likeness (QED) is 0.888. The van der Waals surface area contributed by atoms with Crippen molar-refractivity contribution < 1.29 is 4.79 Å². The second-order valence-electron chi connectivity index (χ2n) is 5.92. The number of hydrogen-bond acceptors (Lipinski definition) is 3. The molecule has 5 heteroatoms. The highest BCUT2D eigenvalue weighted by Gasteiger charge is 2.30. The highest BCUT2D eigenvalue weighted by atomic mass is 79.9. The molecule has 1 saturated heterocycles. The Morgan fingerprint density at radius 2 is 2.25 bits per heavy atom. The fraction of sp³-hybridized carbons (Fsp3) is 0.533. The molecule has 0 spiro atoms. The number of amides is 1. The first-order chi connectivity index (χ1) is 9.38. The first kappa shape index (κ1) is 15.5. The van der Waals surface area contributed by atoms with Crippen molar-refractivity contribution in [2.75, 3.05) is 31.5 Å². The van der Waals surface area contributed by atoms with Gasteiger partial charge in [-0.25, -0.2) is 0 Å². The predicted molar refractivity (Wildman–Crippen MR) is 86.0 cm³/mol. The van der Waals surface area contributed by atoms with Gasteiger partial charge in [-0.3, -0.25) is 9.69 Å². The minimum atomic E-state index is 0.0182. The summed E-state index contributed by atoms with van der Waals surface area (Å²) in [5.74, 6) is 0.0467. The normalized spacial score (nSPS) is 18.8. The van der Waals surface area contributed by atoms with Crippen LogP contribution >= 0.6 is 15.9 Å². The lowest BCUT2D eigenvalue weighted by Gasteiger charge is -2.42. The number of piperazine rings is 1. The molecule has 4 nitrogen and oxygen atoms in total. The minimum absolute atomic E-state index is 0.0182. The van der Waals surface area contributed by atoms with Gasteiger partial charge >= 0.3 is 0 Å². The van der Waals surface area contributed by atoms with Gasteiger partial charge in [-0.1, -0.05) is 15.9 Å². The molecule has 20 heavy (non-hydrogen) atoms. The van der Waals surface area contributed by atoms with Crippen LogP contribution in [0.5, 0.6) is 0 Å². The van der Waals surface area contributed by atoms with E-state index < -0.39 is 0 Å². The van der Waals surface area contributed by atoms with E-state index in [-0.39, 0.29) is 11.4 Å². The zero-order valence-electron chi connectivity index (χ0n) is 12.3. The highest BCUT2D eigenvalue weighted by molar-refractivity contribution is 9.10. The third-order valence-electron chi connectivity index (χ3n) is 3.77. The lowest BCUT2D eigenvalue weighted by Crippen LogP contribution is -2.59. The number of hydrogen-bond donors (Lipinski definition) is 2. The largest absolute Gasteiger partial charge is 0.325 e. The standard InChI is InChI=1S/C15H22BrN3O/c1-11-8-12(16)4-5-13(11)18-14(20)9-19-7-6-17-10-15(19,2)3/h4-5,8,17H,6-7,9-10H2,1-3H3,(H,18,20). The number of carbonyl (C=O) groups is 1. The molecule has 1 aromatic rings. The van der Waals surface area contributed by atoms with Gasteiger partial charge in [-0.05, 0) is 44.5 Å². The SMILES string of the molecule is Cc1cc(Br)ccc1NC(=O)CN1CCNCC1(C)C. The zero-order valence-corrected chi connectivity index (χ0v) is 13.9. The first-order valence-corrected chi connectivity index (χ1v) is 7.69. The number of benzene rings is 1. The van der Waals surface area contributed by atoms with Gasteiger partial charge in [0.25, 0.3) is 0 Å². The van der Waals surface area contributed by atoms with Crippen LogP contribution in [0, 0.1) is 6.92 Å². The summed E-state index contributed by atoms with van der Waals surface area (Å²) in [6.07, 6.45) is 0. The number of nitrogens with one attached hydrogen (secondary N) is 2. The molecule has 0 radical (unpaired) electrons. The average molecular weight is 340 g/mol. The lowest BCUT2D eigenvalue weighted by molar-refractivity contribution is -0.119. The zero-order chi connectivity index (χ0) is 14.8. The molecular weight excluding hydrogens is 318 g/mol. The third kappa shape index (κ3) is 3.81. The molecule has 1 aromatic carbocycles. The maximum Gasteiger partial charge on any atom is 0.238 e. The summed E-state index contributed by atoms with van der Waals surface area (Å²) in [7, 11) is 0. The Balaban J connectivity index is 1.98. The molecule has 0 unspecified atom stereocenters. The van der Waals surface area contributed by atoms with Crippen molar-refractivity contribution in [1.82, 2.24) is 10.2 Å². The maximum atomic E-state index is 12.2. The Morgan fingerprint density at radius 1 is 1.50 bits per heavy atom. The fourth-order valence-corrected chi connectivity index (χ4v) is 2.92. The van der Waals surface area contributed by atoms with Gasteiger partial charge in [0, 0.05) is 35.3 Å². The molecule has 1 amide bonds. The molecule has 0 saturated carbocycles. The van der Waals surface area contributed by atoms with Gasteiger partial charge in [0.05, 0.1) is 6.54 Å². The van der Waals surface area contributed by atoms with Gasteiger partial charge in [-0.2, -0.15) is 0 Å². The van der Waals surface area contributed by atoms with Crippen LogP contribution in [0.15, 0.2) is 22.7 Å². The number of carbonyl (C=O) groups excluding carboxylic acids is 1. The predicted octanol–water partition coefficient (Wildman–Crippen LogP) is 2.38. The summed E-state index contributed by atoms with van der Waals surface area (Å²) < 4.78 is 1.02. The van der Waals surface area contributed by atoms with Crippen LogP contribution < -0.4 is 10.6 Å². The van der Waals surface area contributed by atoms with Crippen molar-refractivity contribution in [2.24, 2.45) is 0 Å². The summed E-state index contributed by atoms with van der Waals surface area (Å²) >= 11 is 3.43. The van der Waals surface area contributed by atoms with E-state index in [1.54, 1.807) is 0 Å². The van der Waals surface area contributed by atoms with Gasteiger partial charge in [-0.15, -0.1) is 0 Å². The van der Waals surface area contributed by atoms with Crippen molar-refractivity contribution in [1.29, 1.82) is 0 Å². The Hall–Kier alpha value is -0.910. The Morgan fingerprint density at radius 3 is 2.90 bits per heavy atom. The number of aryl methyl sites for hydroxylation is 1. The van der Waals surface area contributed by atoms with Crippen molar-refractivity contribution in [2.45, 2.75) is 26.3 Å². The van der Waals surface area contributed by atoms with E-state index in [0.717, 1.165) is 35.4 Å². The number of nitrogens with zero attached hydrogens (tertiary/aromatic N) is 1. The highest BCUT2D eigenvalue weighted by Crippen LogP contribution is 2.21. The molecule has 0 aliphatic carbocycles. The summed E-state index contributed by atoms with van der Waals surface area (Å²) in [5, 5.41) is 6.37. The van der Waals surface area contributed by atoms with Crippen LogP contribution in [-0.4, -0.2) is 42.5 Å². The molecule has 0 aromatic heterocycles. The van der Waals surface area contributed by atoms with E-state index in [1.165, 1.54) is 0 Å². The van der Waals surface area contributed by atoms with Crippen molar-refractivity contribution >= 4 is 27.5 Å².